The molecule has 170 valence electrons. The van der Waals surface area contributed by atoms with Gasteiger partial charge in [-0.25, -0.2) is 4.79 Å². The van der Waals surface area contributed by atoms with Gasteiger partial charge >= 0.3 is 11.4 Å². The van der Waals surface area contributed by atoms with Crippen molar-refractivity contribution in [2.75, 3.05) is 11.9 Å². The Balaban J connectivity index is 1.54. The number of nitrogens with zero attached hydrogens (tertiary/aromatic N) is 3. The molecule has 11 heteroatoms. The minimum Gasteiger partial charge on any atom is -0.477 e. The first-order chi connectivity index (χ1) is 16.4. The molecule has 4 aromatic rings. The zero-order chi connectivity index (χ0) is 24.1. The van der Waals surface area contributed by atoms with Gasteiger partial charge in [-0.3, -0.25) is 19.7 Å². The number of amides is 1. The van der Waals surface area contributed by atoms with E-state index in [0.29, 0.717) is 15.9 Å². The van der Waals surface area contributed by atoms with Crippen molar-refractivity contribution in [3.05, 3.63) is 109 Å². The number of rotatable bonds is 7. The van der Waals surface area contributed by atoms with E-state index in [1.165, 1.54) is 12.1 Å². The molecule has 0 fully saturated rings. The Bertz CT molecular complexity index is 1520. The number of nitro groups is 1. The minimum absolute atomic E-state index is 0.119. The first kappa shape index (κ1) is 22.1. The molecule has 0 aliphatic heterocycles. The van der Waals surface area contributed by atoms with Gasteiger partial charge in [0.05, 0.1) is 22.0 Å². The molecule has 34 heavy (non-hydrogen) atoms. The number of carbonyl (C=O) groups excluding carboxylic acids is 1. The Morgan fingerprint density at radius 3 is 2.59 bits per heavy atom. The zero-order valence-corrected chi connectivity index (χ0v) is 17.5. The fourth-order valence-corrected chi connectivity index (χ4v) is 3.12. The molecule has 0 unspecified atom stereocenters. The standard InChI is InChI=1S/C23H17N5O6/c29-21(25-16-6-2-1-3-7-16)14-34-20-11-10-15(12-19(20)28(32)33)13-24-27-22(30)17-8-4-5-9-18(17)26-23(27)31/h1-13H,14H2,(H,25,29)(H,26,31). The van der Waals surface area contributed by atoms with Crippen molar-refractivity contribution >= 4 is 34.4 Å². The number of anilines is 1. The third-order valence-corrected chi connectivity index (χ3v) is 4.70. The highest BCUT2D eigenvalue weighted by molar-refractivity contribution is 5.92. The van der Waals surface area contributed by atoms with Gasteiger partial charge in [0.15, 0.2) is 12.4 Å². The summed E-state index contributed by atoms with van der Waals surface area (Å²) in [5.41, 5.74) is -0.606. The average Bonchev–Trinajstić information content (AvgIpc) is 2.83. The molecule has 0 spiro atoms. The number of ether oxygens (including phenoxy) is 1. The number of hydrogen-bond donors (Lipinski definition) is 2. The highest BCUT2D eigenvalue weighted by Gasteiger charge is 2.17. The topological polar surface area (TPSA) is 149 Å². The van der Waals surface area contributed by atoms with Crippen molar-refractivity contribution in [3.63, 3.8) is 0 Å². The van der Waals surface area contributed by atoms with Crippen molar-refractivity contribution in [2.24, 2.45) is 5.10 Å². The van der Waals surface area contributed by atoms with Crippen molar-refractivity contribution < 1.29 is 14.5 Å². The lowest BCUT2D eigenvalue weighted by atomic mass is 10.2. The fraction of sp³-hybridized carbons (Fsp3) is 0.0435. The molecule has 1 aromatic heterocycles. The van der Waals surface area contributed by atoms with E-state index >= 15 is 0 Å². The monoisotopic (exact) mass is 459 g/mol. The number of aromatic amines is 1. The maximum Gasteiger partial charge on any atom is 0.349 e. The van der Waals surface area contributed by atoms with Gasteiger partial charge in [0, 0.05) is 17.3 Å². The Kier molecular flexibility index (Phi) is 6.26. The Hall–Kier alpha value is -5.06. The van der Waals surface area contributed by atoms with Crippen LogP contribution >= 0.6 is 0 Å². The van der Waals surface area contributed by atoms with Gasteiger partial charge in [0.1, 0.15) is 0 Å². The summed E-state index contributed by atoms with van der Waals surface area (Å²) in [6.45, 7) is -0.439. The summed E-state index contributed by atoms with van der Waals surface area (Å²) in [6.07, 6.45) is 1.14. The molecule has 1 heterocycles. The summed E-state index contributed by atoms with van der Waals surface area (Å²) < 4.78 is 5.96. The SMILES string of the molecule is O=C(COc1ccc(C=Nn2c(=O)[nH]c3ccccc3c2=O)cc1[N+](=O)[O-])Nc1ccccc1. The largest absolute Gasteiger partial charge is 0.477 e. The second kappa shape index (κ2) is 9.61. The van der Waals surface area contributed by atoms with E-state index in [4.69, 9.17) is 4.74 Å². The second-order valence-corrected chi connectivity index (χ2v) is 7.02. The highest BCUT2D eigenvalue weighted by Crippen LogP contribution is 2.27. The van der Waals surface area contributed by atoms with E-state index in [9.17, 15) is 24.5 Å². The number of nitro benzene ring substituents is 1. The zero-order valence-electron chi connectivity index (χ0n) is 17.5. The van der Waals surface area contributed by atoms with Crippen molar-refractivity contribution in [1.29, 1.82) is 0 Å². The van der Waals surface area contributed by atoms with Crippen LogP contribution in [0.15, 0.2) is 87.5 Å². The smallest absolute Gasteiger partial charge is 0.349 e. The van der Waals surface area contributed by atoms with E-state index in [1.807, 2.05) is 0 Å². The predicted octanol–water partition coefficient (Wildman–Crippen LogP) is 2.50. The molecular formula is C23H17N5O6. The number of aromatic nitrogens is 2. The maximum atomic E-state index is 12.5. The molecule has 4 rings (SSSR count). The van der Waals surface area contributed by atoms with Crippen LogP contribution in [0, 0.1) is 10.1 Å². The van der Waals surface area contributed by atoms with Gasteiger partial charge in [0.25, 0.3) is 11.5 Å². The molecular weight excluding hydrogens is 442 g/mol. The van der Waals surface area contributed by atoms with Crippen LogP contribution in [0.1, 0.15) is 5.56 Å². The van der Waals surface area contributed by atoms with E-state index in [1.54, 1.807) is 54.6 Å². The van der Waals surface area contributed by atoms with E-state index < -0.39 is 34.4 Å². The number of benzene rings is 3. The molecule has 0 aliphatic carbocycles. The number of fused-ring (bicyclic) bond motifs is 1. The molecule has 0 aliphatic rings. The fourth-order valence-electron chi connectivity index (χ4n) is 3.12. The quantitative estimate of drug-likeness (QED) is 0.246. The van der Waals surface area contributed by atoms with Crippen LogP contribution in [-0.4, -0.2) is 33.3 Å². The lowest BCUT2D eigenvalue weighted by molar-refractivity contribution is -0.385. The maximum absolute atomic E-state index is 12.5. The summed E-state index contributed by atoms with van der Waals surface area (Å²) >= 11 is 0. The molecule has 3 aromatic carbocycles. The number of H-pyrrole nitrogens is 1. The Morgan fingerprint density at radius 1 is 1.09 bits per heavy atom. The molecule has 0 bridgehead atoms. The van der Waals surface area contributed by atoms with Crippen LogP contribution in [0.2, 0.25) is 0 Å². The molecule has 0 saturated heterocycles. The summed E-state index contributed by atoms with van der Waals surface area (Å²) in [4.78, 5) is 50.2. The van der Waals surface area contributed by atoms with E-state index in [0.717, 1.165) is 12.3 Å². The van der Waals surface area contributed by atoms with E-state index in [2.05, 4.69) is 15.4 Å². The lowest BCUT2D eigenvalue weighted by Gasteiger charge is -2.08. The summed E-state index contributed by atoms with van der Waals surface area (Å²) in [6, 6.07) is 19.1. The van der Waals surface area contributed by atoms with Crippen molar-refractivity contribution in [3.8, 4) is 5.75 Å². The number of para-hydroxylation sites is 2. The van der Waals surface area contributed by atoms with Crippen LogP contribution in [-0.2, 0) is 4.79 Å². The third kappa shape index (κ3) is 4.88. The highest BCUT2D eigenvalue weighted by atomic mass is 16.6. The van der Waals surface area contributed by atoms with Gasteiger partial charge in [-0.15, -0.1) is 4.68 Å². The predicted molar refractivity (Wildman–Crippen MR) is 125 cm³/mol. The molecule has 0 radical (unpaired) electrons. The Labute approximate surface area is 191 Å². The number of hydrogen-bond acceptors (Lipinski definition) is 7. The number of nitrogens with one attached hydrogen (secondary N) is 2. The van der Waals surface area contributed by atoms with Gasteiger partial charge in [-0.2, -0.15) is 5.10 Å². The Morgan fingerprint density at radius 2 is 1.82 bits per heavy atom. The third-order valence-electron chi connectivity index (χ3n) is 4.70. The summed E-state index contributed by atoms with van der Waals surface area (Å²) in [5, 5.41) is 18.3. The molecule has 0 atom stereocenters. The van der Waals surface area contributed by atoms with Crippen molar-refractivity contribution in [1.82, 2.24) is 9.66 Å². The van der Waals surface area contributed by atoms with Gasteiger partial charge < -0.3 is 15.0 Å². The first-order valence-corrected chi connectivity index (χ1v) is 9.97. The van der Waals surface area contributed by atoms with Gasteiger partial charge in [-0.1, -0.05) is 30.3 Å². The van der Waals surface area contributed by atoms with Gasteiger partial charge in [-0.05, 0) is 36.4 Å². The molecule has 2 N–H and O–H groups in total. The molecule has 0 saturated carbocycles. The van der Waals surface area contributed by atoms with Gasteiger partial charge in [0.2, 0.25) is 0 Å². The average molecular weight is 459 g/mol. The molecule has 1 amide bonds. The normalized spacial score (nSPS) is 10.9. The van der Waals surface area contributed by atoms with Crippen LogP contribution < -0.4 is 21.3 Å². The summed E-state index contributed by atoms with van der Waals surface area (Å²) in [7, 11) is 0. The van der Waals surface area contributed by atoms with Crippen LogP contribution in [0.25, 0.3) is 10.9 Å². The van der Waals surface area contributed by atoms with Crippen molar-refractivity contribution in [2.45, 2.75) is 0 Å². The lowest BCUT2D eigenvalue weighted by Crippen LogP contribution is -2.32. The number of carbonyl (C=O) groups is 1. The minimum atomic E-state index is -0.751. The molecule has 11 nitrogen and oxygen atoms in total. The van der Waals surface area contributed by atoms with E-state index in [-0.39, 0.29) is 16.7 Å². The second-order valence-electron chi connectivity index (χ2n) is 7.02. The first-order valence-electron chi connectivity index (χ1n) is 9.97. The van der Waals surface area contributed by atoms with Crippen LogP contribution in [0.3, 0.4) is 0 Å². The van der Waals surface area contributed by atoms with Crippen LogP contribution in [0.5, 0.6) is 5.75 Å². The van der Waals surface area contributed by atoms with Crippen LogP contribution in [0.4, 0.5) is 11.4 Å². The summed E-state index contributed by atoms with van der Waals surface area (Å²) in [5.74, 6) is -0.605.